The summed E-state index contributed by atoms with van der Waals surface area (Å²) in [6.45, 7) is 0.500. The third-order valence-corrected chi connectivity index (χ3v) is 6.10. The topological polar surface area (TPSA) is 105 Å². The molecule has 14 heteroatoms. The number of carbonyl (C=O) groups is 3. The van der Waals surface area contributed by atoms with Gasteiger partial charge in [-0.15, -0.1) is 11.3 Å². The van der Waals surface area contributed by atoms with E-state index in [4.69, 9.17) is 5.73 Å². The molecule has 1 aliphatic carbocycles. The maximum absolute atomic E-state index is 13.3. The SMILES string of the molecule is CC(=O)Nc1nc(C2(N(Cc3cc(C(F)(F)F)cc(C(F)(F)F)c3)C(N)=O)CCC(=O)C2)cs1. The highest BCUT2D eigenvalue weighted by Crippen LogP contribution is 2.45. The fraction of sp³-hybridized carbons (Fsp3) is 0.400. The molecule has 0 aliphatic heterocycles. The van der Waals surface area contributed by atoms with Gasteiger partial charge in [0.05, 0.1) is 22.4 Å². The first-order valence-corrected chi connectivity index (χ1v) is 10.6. The highest BCUT2D eigenvalue weighted by molar-refractivity contribution is 7.13. The molecule has 1 heterocycles. The summed E-state index contributed by atoms with van der Waals surface area (Å²) in [4.78, 5) is 41.0. The van der Waals surface area contributed by atoms with Crippen LogP contribution in [0.3, 0.4) is 0 Å². The van der Waals surface area contributed by atoms with Gasteiger partial charge >= 0.3 is 18.4 Å². The molecule has 1 atom stereocenters. The number of anilines is 1. The smallest absolute Gasteiger partial charge is 0.351 e. The Morgan fingerprint density at radius 2 is 1.74 bits per heavy atom. The van der Waals surface area contributed by atoms with Gasteiger partial charge in [-0.05, 0) is 30.2 Å². The van der Waals surface area contributed by atoms with Gasteiger partial charge in [0.25, 0.3) is 0 Å². The Balaban J connectivity index is 2.10. The van der Waals surface area contributed by atoms with Crippen molar-refractivity contribution in [1.29, 1.82) is 0 Å². The average molecular weight is 508 g/mol. The van der Waals surface area contributed by atoms with Gasteiger partial charge in [0, 0.05) is 31.7 Å². The Morgan fingerprint density at radius 3 is 2.18 bits per heavy atom. The standard InChI is InChI=1S/C20H18F6N4O3S/c1-10(31)28-17-29-15(9-34-17)18(3-2-14(32)7-18)30(16(27)33)8-11-4-12(19(21,22)23)6-13(5-11)20(24,25)26/h4-6,9H,2-3,7-8H2,1H3,(H2,27,33)(H,28,29,31). The fourth-order valence-electron chi connectivity index (χ4n) is 3.87. The van der Waals surface area contributed by atoms with E-state index < -0.39 is 53.1 Å². The van der Waals surface area contributed by atoms with Gasteiger partial charge in [-0.2, -0.15) is 26.3 Å². The van der Waals surface area contributed by atoms with Crippen LogP contribution in [-0.4, -0.2) is 27.6 Å². The molecule has 2 aromatic rings. The Labute approximate surface area is 192 Å². The van der Waals surface area contributed by atoms with E-state index in [0.29, 0.717) is 12.1 Å². The lowest BCUT2D eigenvalue weighted by atomic mass is 9.90. The molecule has 34 heavy (non-hydrogen) atoms. The third-order valence-electron chi connectivity index (χ3n) is 5.34. The molecule has 1 fully saturated rings. The third kappa shape index (κ3) is 5.32. The van der Waals surface area contributed by atoms with E-state index in [2.05, 4.69) is 10.3 Å². The summed E-state index contributed by atoms with van der Waals surface area (Å²) in [5, 5.41) is 4.04. The zero-order valence-electron chi connectivity index (χ0n) is 17.5. The molecule has 3 rings (SSSR count). The Morgan fingerprint density at radius 1 is 1.15 bits per heavy atom. The van der Waals surface area contributed by atoms with Crippen LogP contribution in [0.4, 0.5) is 36.3 Å². The van der Waals surface area contributed by atoms with Gasteiger partial charge in [0.15, 0.2) is 5.13 Å². The van der Waals surface area contributed by atoms with Crippen molar-refractivity contribution in [2.24, 2.45) is 5.73 Å². The summed E-state index contributed by atoms with van der Waals surface area (Å²) >= 11 is 0.981. The van der Waals surface area contributed by atoms with Gasteiger partial charge in [-0.25, -0.2) is 9.78 Å². The number of nitrogens with one attached hydrogen (secondary N) is 1. The van der Waals surface area contributed by atoms with E-state index in [1.54, 1.807) is 0 Å². The van der Waals surface area contributed by atoms with Gasteiger partial charge in [-0.3, -0.25) is 9.59 Å². The van der Waals surface area contributed by atoms with Gasteiger partial charge < -0.3 is 16.0 Å². The van der Waals surface area contributed by atoms with Crippen LogP contribution in [0, 0.1) is 0 Å². The van der Waals surface area contributed by atoms with Crippen LogP contribution in [0.1, 0.15) is 48.6 Å². The van der Waals surface area contributed by atoms with E-state index in [9.17, 15) is 40.7 Å². The van der Waals surface area contributed by atoms with Crippen LogP contribution in [0.15, 0.2) is 23.6 Å². The zero-order chi connectivity index (χ0) is 25.5. The molecule has 1 aromatic heterocycles. The first-order chi connectivity index (χ1) is 15.6. The van der Waals surface area contributed by atoms with Crippen LogP contribution < -0.4 is 11.1 Å². The van der Waals surface area contributed by atoms with Crippen LogP contribution in [0.25, 0.3) is 0 Å². The van der Waals surface area contributed by atoms with Crippen molar-refractivity contribution in [1.82, 2.24) is 9.88 Å². The maximum atomic E-state index is 13.3. The molecule has 1 aliphatic rings. The second kappa shape index (κ2) is 8.89. The molecule has 3 N–H and O–H groups in total. The van der Waals surface area contributed by atoms with E-state index >= 15 is 0 Å². The van der Waals surface area contributed by atoms with Gasteiger partial charge in [0.1, 0.15) is 5.78 Å². The number of benzene rings is 1. The number of Topliss-reactive ketones (excluding diaryl/α,β-unsaturated/α-hetero) is 1. The molecular formula is C20H18F6N4O3S. The number of halogens is 6. The van der Waals surface area contributed by atoms with Crippen LogP contribution in [-0.2, 0) is 34.0 Å². The maximum Gasteiger partial charge on any atom is 0.416 e. The normalized spacial score (nSPS) is 18.7. The van der Waals surface area contributed by atoms with Crippen molar-refractivity contribution in [3.05, 3.63) is 46.0 Å². The largest absolute Gasteiger partial charge is 0.416 e. The molecule has 0 bridgehead atoms. The van der Waals surface area contributed by atoms with Crippen LogP contribution >= 0.6 is 11.3 Å². The number of ketones is 1. The summed E-state index contributed by atoms with van der Waals surface area (Å²) in [6, 6.07) is -0.179. The Hall–Kier alpha value is -3.16. The Kier molecular flexibility index (Phi) is 6.66. The molecule has 1 aromatic carbocycles. The van der Waals surface area contributed by atoms with Crippen molar-refractivity contribution >= 4 is 34.2 Å². The van der Waals surface area contributed by atoms with Crippen LogP contribution in [0.5, 0.6) is 0 Å². The summed E-state index contributed by atoms with van der Waals surface area (Å²) in [6.07, 6.45) is -10.4. The number of nitrogens with zero attached hydrogens (tertiary/aromatic N) is 2. The lowest BCUT2D eigenvalue weighted by Crippen LogP contribution is -2.50. The molecule has 1 unspecified atom stereocenters. The lowest BCUT2D eigenvalue weighted by molar-refractivity contribution is -0.143. The van der Waals surface area contributed by atoms with E-state index in [0.717, 1.165) is 16.2 Å². The highest BCUT2D eigenvalue weighted by Gasteiger charge is 2.48. The number of alkyl halides is 6. The summed E-state index contributed by atoms with van der Waals surface area (Å²) < 4.78 is 79.6. The van der Waals surface area contributed by atoms with E-state index in [1.165, 1.54) is 12.3 Å². The number of hydrogen-bond acceptors (Lipinski definition) is 5. The molecule has 184 valence electrons. The molecule has 0 radical (unpaired) electrons. The second-order valence-corrected chi connectivity index (χ2v) is 8.66. The number of amides is 3. The molecule has 0 saturated heterocycles. The number of thiazole rings is 1. The number of rotatable bonds is 5. The lowest BCUT2D eigenvalue weighted by Gasteiger charge is -2.39. The molecule has 7 nitrogen and oxygen atoms in total. The second-order valence-electron chi connectivity index (χ2n) is 7.80. The zero-order valence-corrected chi connectivity index (χ0v) is 18.3. The van der Waals surface area contributed by atoms with Crippen molar-refractivity contribution in [3.8, 4) is 0 Å². The summed E-state index contributed by atoms with van der Waals surface area (Å²) in [5.74, 6) is -0.729. The van der Waals surface area contributed by atoms with E-state index in [1.807, 2.05) is 0 Å². The molecule has 1 saturated carbocycles. The Bertz CT molecular complexity index is 1100. The number of urea groups is 1. The minimum atomic E-state index is -5.07. The first kappa shape index (κ1) is 25.5. The summed E-state index contributed by atoms with van der Waals surface area (Å²) in [7, 11) is 0. The fourth-order valence-corrected chi connectivity index (χ4v) is 4.71. The number of primary amides is 1. The number of nitrogens with two attached hydrogens (primary N) is 1. The van der Waals surface area contributed by atoms with Crippen molar-refractivity contribution in [2.75, 3.05) is 5.32 Å². The first-order valence-electron chi connectivity index (χ1n) is 9.72. The summed E-state index contributed by atoms with van der Waals surface area (Å²) in [5.41, 5.74) is 0.596. The minimum absolute atomic E-state index is 0.00308. The minimum Gasteiger partial charge on any atom is -0.351 e. The van der Waals surface area contributed by atoms with Crippen LogP contribution in [0.2, 0.25) is 0 Å². The predicted octanol–water partition coefficient (Wildman–Crippen LogP) is 4.67. The average Bonchev–Trinajstić information content (AvgIpc) is 3.31. The molecule has 3 amide bonds. The number of aromatic nitrogens is 1. The van der Waals surface area contributed by atoms with Gasteiger partial charge in [-0.1, -0.05) is 0 Å². The quantitative estimate of drug-likeness (QED) is 0.573. The number of carbonyl (C=O) groups excluding carboxylic acids is 3. The van der Waals surface area contributed by atoms with Crippen molar-refractivity contribution in [2.45, 2.75) is 50.6 Å². The van der Waals surface area contributed by atoms with Crippen molar-refractivity contribution in [3.63, 3.8) is 0 Å². The van der Waals surface area contributed by atoms with Crippen molar-refractivity contribution < 1.29 is 40.7 Å². The highest BCUT2D eigenvalue weighted by atomic mass is 32.1. The molecule has 0 spiro atoms. The van der Waals surface area contributed by atoms with Gasteiger partial charge in [0.2, 0.25) is 5.91 Å². The number of hydrogen-bond donors (Lipinski definition) is 2. The molecular weight excluding hydrogens is 490 g/mol. The van der Waals surface area contributed by atoms with E-state index in [-0.39, 0.29) is 41.9 Å². The predicted molar refractivity (Wildman–Crippen MR) is 109 cm³/mol. The monoisotopic (exact) mass is 508 g/mol.